The predicted molar refractivity (Wildman–Crippen MR) is 117 cm³/mol. The smallest absolute Gasteiger partial charge is 0.326 e. The molecule has 2 aliphatic rings. The van der Waals surface area contributed by atoms with Crippen molar-refractivity contribution in [2.45, 2.75) is 38.4 Å². The molecule has 2 aromatic rings. The number of alkyl halides is 3. The number of halogens is 5. The van der Waals surface area contributed by atoms with E-state index < -0.39 is 46.1 Å². The number of rotatable bonds is 3. The number of benzene rings is 2. The van der Waals surface area contributed by atoms with Crippen LogP contribution in [0.15, 0.2) is 59.8 Å². The number of hydrogen-bond donors (Lipinski definition) is 1. The van der Waals surface area contributed by atoms with Crippen LogP contribution in [0, 0.1) is 11.2 Å². The van der Waals surface area contributed by atoms with Crippen LogP contribution in [-0.2, 0) is 9.59 Å². The van der Waals surface area contributed by atoms with E-state index in [2.05, 4.69) is 0 Å². The number of hydrogen-bond acceptors (Lipinski definition) is 3. The fourth-order valence-corrected chi connectivity index (χ4v) is 4.58. The molecule has 2 aromatic carbocycles. The molecule has 0 radical (unpaired) electrons. The highest BCUT2D eigenvalue weighted by Crippen LogP contribution is 2.52. The summed E-state index contributed by atoms with van der Waals surface area (Å²) in [6.07, 6.45) is -5.63. The second kappa shape index (κ2) is 7.94. The largest absolute Gasteiger partial charge is 0.425 e. The molecule has 0 fully saturated rings. The summed E-state index contributed by atoms with van der Waals surface area (Å²) in [5.41, 5.74) is -5.53. The average Bonchev–Trinajstić information content (AvgIpc) is 2.97. The highest BCUT2D eigenvalue weighted by Gasteiger charge is 2.72. The zero-order valence-corrected chi connectivity index (χ0v) is 18.9. The average molecular weight is 495 g/mol. The van der Waals surface area contributed by atoms with Gasteiger partial charge >= 0.3 is 6.18 Å². The van der Waals surface area contributed by atoms with Crippen molar-refractivity contribution in [1.29, 1.82) is 0 Å². The van der Waals surface area contributed by atoms with Crippen LogP contribution in [0.5, 0.6) is 0 Å². The molecule has 0 bridgehead atoms. The fourth-order valence-electron chi connectivity index (χ4n) is 4.46. The quantitative estimate of drug-likeness (QED) is 0.596. The number of carbonyl (C=O) groups is 3. The van der Waals surface area contributed by atoms with E-state index in [-0.39, 0.29) is 34.8 Å². The Hall–Kier alpha value is -3.20. The van der Waals surface area contributed by atoms with Crippen LogP contribution in [0.25, 0.3) is 0 Å². The Morgan fingerprint density at radius 2 is 1.59 bits per heavy atom. The molecular formula is C24H19ClF4N2O3. The Bertz CT molecular complexity index is 1220. The number of amides is 2. The lowest BCUT2D eigenvalue weighted by Crippen LogP contribution is -2.66. The molecule has 1 aliphatic heterocycles. The van der Waals surface area contributed by atoms with Crippen LogP contribution in [0.3, 0.4) is 0 Å². The monoisotopic (exact) mass is 494 g/mol. The highest BCUT2D eigenvalue weighted by molar-refractivity contribution is 6.30. The molecule has 1 heterocycles. The lowest BCUT2D eigenvalue weighted by molar-refractivity contribution is -0.186. The molecule has 0 saturated carbocycles. The van der Waals surface area contributed by atoms with E-state index in [1.165, 1.54) is 24.3 Å². The standard InChI is InChI=1S/C24H19ClF4N2O3/c1-22(2)11-17-19(18(32)12-22)23(24(27,28)29,30-20(33)13-3-5-14(25)6-4-13)21(34)31(17)16-9-7-15(26)8-10-16/h3-10H,11-12H2,1-2H3,(H,30,33)/t23-/m1/s1. The van der Waals surface area contributed by atoms with E-state index in [4.69, 9.17) is 11.6 Å². The van der Waals surface area contributed by atoms with Crippen LogP contribution in [-0.4, -0.2) is 29.3 Å². The second-order valence-electron chi connectivity index (χ2n) is 9.09. The molecule has 0 unspecified atom stereocenters. The number of anilines is 1. The Labute approximate surface area is 197 Å². The molecule has 10 heteroatoms. The third-order valence-electron chi connectivity index (χ3n) is 5.94. The van der Waals surface area contributed by atoms with Crippen LogP contribution >= 0.6 is 11.6 Å². The van der Waals surface area contributed by atoms with Gasteiger partial charge in [0.25, 0.3) is 11.8 Å². The van der Waals surface area contributed by atoms with Gasteiger partial charge in [0, 0.05) is 28.4 Å². The van der Waals surface area contributed by atoms with Gasteiger partial charge in [0.2, 0.25) is 5.54 Å². The van der Waals surface area contributed by atoms with Crippen molar-refractivity contribution in [2.75, 3.05) is 4.90 Å². The molecule has 0 spiro atoms. The molecule has 178 valence electrons. The van der Waals surface area contributed by atoms with E-state index >= 15 is 0 Å². The summed E-state index contributed by atoms with van der Waals surface area (Å²) in [5, 5.41) is 2.10. The first-order valence-electron chi connectivity index (χ1n) is 10.3. The molecule has 4 rings (SSSR count). The number of ketones is 1. The molecular weight excluding hydrogens is 476 g/mol. The van der Waals surface area contributed by atoms with E-state index in [1.807, 2.05) is 5.32 Å². The van der Waals surface area contributed by atoms with Crippen molar-refractivity contribution in [3.8, 4) is 0 Å². The number of nitrogens with one attached hydrogen (secondary N) is 1. The van der Waals surface area contributed by atoms with Gasteiger partial charge in [-0.15, -0.1) is 0 Å². The maximum absolute atomic E-state index is 14.8. The van der Waals surface area contributed by atoms with Crippen LogP contribution < -0.4 is 10.2 Å². The topological polar surface area (TPSA) is 66.5 Å². The van der Waals surface area contributed by atoms with Gasteiger partial charge in [0.1, 0.15) is 5.82 Å². The summed E-state index contributed by atoms with van der Waals surface area (Å²) in [7, 11) is 0. The minimum absolute atomic E-state index is 0.0359. The van der Waals surface area contributed by atoms with Crippen molar-refractivity contribution < 1.29 is 31.9 Å². The summed E-state index contributed by atoms with van der Waals surface area (Å²) in [6.45, 7) is 3.39. The Balaban J connectivity index is 1.93. The van der Waals surface area contributed by atoms with Crippen molar-refractivity contribution >= 4 is 34.9 Å². The molecule has 1 atom stereocenters. The zero-order chi connectivity index (χ0) is 25.1. The van der Waals surface area contributed by atoms with Crippen molar-refractivity contribution in [3.63, 3.8) is 0 Å². The number of nitrogens with zero attached hydrogens (tertiary/aromatic N) is 1. The van der Waals surface area contributed by atoms with Crippen LogP contribution in [0.4, 0.5) is 23.2 Å². The summed E-state index contributed by atoms with van der Waals surface area (Å²) >= 11 is 5.79. The Kier molecular flexibility index (Phi) is 5.59. The van der Waals surface area contributed by atoms with Gasteiger partial charge < -0.3 is 5.32 Å². The van der Waals surface area contributed by atoms with Gasteiger partial charge in [-0.2, -0.15) is 13.2 Å². The molecule has 0 saturated heterocycles. The molecule has 0 aromatic heterocycles. The van der Waals surface area contributed by atoms with Gasteiger partial charge in [0.15, 0.2) is 5.78 Å². The molecule has 1 aliphatic carbocycles. The van der Waals surface area contributed by atoms with Crippen molar-refractivity contribution in [1.82, 2.24) is 5.32 Å². The Morgan fingerprint density at radius 3 is 2.15 bits per heavy atom. The van der Waals surface area contributed by atoms with Gasteiger partial charge in [-0.1, -0.05) is 25.4 Å². The minimum Gasteiger partial charge on any atom is -0.326 e. The molecule has 5 nitrogen and oxygen atoms in total. The summed E-state index contributed by atoms with van der Waals surface area (Å²) in [4.78, 5) is 40.4. The molecule has 34 heavy (non-hydrogen) atoms. The lowest BCUT2D eigenvalue weighted by atomic mass is 9.72. The summed E-state index contributed by atoms with van der Waals surface area (Å²) < 4.78 is 57.8. The lowest BCUT2D eigenvalue weighted by Gasteiger charge is -2.35. The van der Waals surface area contributed by atoms with Gasteiger partial charge in [-0.05, 0) is 60.4 Å². The maximum atomic E-state index is 14.8. The predicted octanol–water partition coefficient (Wildman–Crippen LogP) is 5.20. The normalized spacial score (nSPS) is 22.1. The third kappa shape index (κ3) is 3.77. The second-order valence-corrected chi connectivity index (χ2v) is 9.52. The minimum atomic E-state index is -5.35. The SMILES string of the molecule is CC1(C)CC(=O)C2=C(C1)N(c1ccc(F)cc1)C(=O)[C@@]2(NC(=O)c1ccc(Cl)cc1)C(F)(F)F. The highest BCUT2D eigenvalue weighted by atomic mass is 35.5. The first-order valence-corrected chi connectivity index (χ1v) is 10.7. The number of carbonyl (C=O) groups excluding carboxylic acids is 3. The van der Waals surface area contributed by atoms with Crippen LogP contribution in [0.2, 0.25) is 5.02 Å². The first kappa shape index (κ1) is 23.9. The van der Waals surface area contributed by atoms with E-state index in [0.29, 0.717) is 0 Å². The van der Waals surface area contributed by atoms with E-state index in [0.717, 1.165) is 29.2 Å². The molecule has 1 N–H and O–H groups in total. The van der Waals surface area contributed by atoms with Crippen LogP contribution in [0.1, 0.15) is 37.0 Å². The van der Waals surface area contributed by atoms with Crippen molar-refractivity contribution in [2.24, 2.45) is 5.41 Å². The van der Waals surface area contributed by atoms with Gasteiger partial charge in [0.05, 0.1) is 5.57 Å². The Morgan fingerprint density at radius 1 is 1.00 bits per heavy atom. The van der Waals surface area contributed by atoms with Gasteiger partial charge in [-0.3, -0.25) is 19.3 Å². The van der Waals surface area contributed by atoms with Gasteiger partial charge in [-0.25, -0.2) is 4.39 Å². The van der Waals surface area contributed by atoms with E-state index in [1.54, 1.807) is 13.8 Å². The number of allylic oxidation sites excluding steroid dienone is 1. The summed E-state index contributed by atoms with van der Waals surface area (Å²) in [6, 6.07) is 9.35. The maximum Gasteiger partial charge on any atom is 0.425 e. The summed E-state index contributed by atoms with van der Waals surface area (Å²) in [5.74, 6) is -4.29. The number of Topliss-reactive ketones (excluding diaryl/α,β-unsaturated/α-hetero) is 1. The fraction of sp³-hybridized carbons (Fsp3) is 0.292. The van der Waals surface area contributed by atoms with E-state index in [9.17, 15) is 31.9 Å². The third-order valence-corrected chi connectivity index (χ3v) is 6.19. The zero-order valence-electron chi connectivity index (χ0n) is 18.1. The first-order chi connectivity index (χ1) is 15.8. The van der Waals surface area contributed by atoms with Crippen molar-refractivity contribution in [3.05, 3.63) is 76.2 Å². The molecule has 2 amide bonds.